The van der Waals surface area contributed by atoms with E-state index in [4.69, 9.17) is 5.73 Å². The van der Waals surface area contributed by atoms with Gasteiger partial charge in [-0.05, 0) is 12.8 Å². The van der Waals surface area contributed by atoms with Gasteiger partial charge < -0.3 is 5.73 Å². The summed E-state index contributed by atoms with van der Waals surface area (Å²) in [6.45, 7) is 0. The molecule has 0 saturated heterocycles. The van der Waals surface area contributed by atoms with Crippen LogP contribution in [-0.2, 0) is 10.0 Å². The molecule has 1 saturated carbocycles. The van der Waals surface area contributed by atoms with Crippen LogP contribution in [0.5, 0.6) is 0 Å². The van der Waals surface area contributed by atoms with Crippen LogP contribution in [0.2, 0.25) is 0 Å². The Labute approximate surface area is 84.3 Å². The molecule has 82 valence electrons. The van der Waals surface area contributed by atoms with Crippen molar-refractivity contribution in [2.75, 3.05) is 6.26 Å². The lowest BCUT2D eigenvalue weighted by atomic mass is 9.96. The van der Waals surface area contributed by atoms with Crippen molar-refractivity contribution in [2.45, 2.75) is 38.1 Å². The van der Waals surface area contributed by atoms with Crippen molar-refractivity contribution < 1.29 is 13.2 Å². The zero-order valence-electron chi connectivity index (χ0n) is 8.27. The molecule has 0 aliphatic heterocycles. The van der Waals surface area contributed by atoms with Crippen LogP contribution < -0.4 is 5.73 Å². The molecule has 0 aromatic carbocycles. The molecule has 0 radical (unpaired) electrons. The minimum Gasteiger partial charge on any atom is -0.351 e. The van der Waals surface area contributed by atoms with E-state index in [0.29, 0.717) is 0 Å². The molecule has 0 atom stereocenters. The Hall–Kier alpha value is -0.780. The molecule has 0 spiro atoms. The van der Waals surface area contributed by atoms with E-state index < -0.39 is 16.1 Å². The third kappa shape index (κ3) is 2.60. The van der Waals surface area contributed by atoms with Crippen molar-refractivity contribution >= 4 is 16.1 Å². The highest BCUT2D eigenvalue weighted by Gasteiger charge is 2.30. The maximum absolute atomic E-state index is 11.3. The number of urea groups is 1. The summed E-state index contributed by atoms with van der Waals surface area (Å²) in [5.41, 5.74) is 5.06. The number of hydrogen-bond donors (Lipinski definition) is 1. The smallest absolute Gasteiger partial charge is 0.328 e. The number of primary amides is 1. The fourth-order valence-corrected chi connectivity index (χ4v) is 3.01. The first-order valence-electron chi connectivity index (χ1n) is 4.72. The van der Waals surface area contributed by atoms with Crippen LogP contribution in [0.1, 0.15) is 32.1 Å². The van der Waals surface area contributed by atoms with Crippen LogP contribution in [0.25, 0.3) is 0 Å². The van der Waals surface area contributed by atoms with E-state index in [1.54, 1.807) is 0 Å². The molecule has 5 nitrogen and oxygen atoms in total. The second kappa shape index (κ2) is 4.16. The summed E-state index contributed by atoms with van der Waals surface area (Å²) in [7, 11) is -3.51. The average molecular weight is 220 g/mol. The Morgan fingerprint density at radius 1 is 1.29 bits per heavy atom. The Bertz CT molecular complexity index is 307. The highest BCUT2D eigenvalue weighted by molar-refractivity contribution is 7.88. The quantitative estimate of drug-likeness (QED) is 0.742. The van der Waals surface area contributed by atoms with E-state index >= 15 is 0 Å². The number of amides is 2. The first kappa shape index (κ1) is 11.3. The number of nitrogens with zero attached hydrogens (tertiary/aromatic N) is 1. The molecule has 1 aliphatic rings. The molecule has 2 N–H and O–H groups in total. The van der Waals surface area contributed by atoms with E-state index in [2.05, 4.69) is 0 Å². The summed E-state index contributed by atoms with van der Waals surface area (Å²) in [6, 6.07) is -1.09. The van der Waals surface area contributed by atoms with Crippen molar-refractivity contribution in [1.29, 1.82) is 0 Å². The molecule has 0 unspecified atom stereocenters. The van der Waals surface area contributed by atoms with Crippen molar-refractivity contribution in [3.8, 4) is 0 Å². The highest BCUT2D eigenvalue weighted by atomic mass is 32.2. The van der Waals surface area contributed by atoms with Gasteiger partial charge in [0.2, 0.25) is 10.0 Å². The fourth-order valence-electron chi connectivity index (χ4n) is 1.93. The lowest BCUT2D eigenvalue weighted by molar-refractivity contribution is 0.209. The lowest BCUT2D eigenvalue weighted by Gasteiger charge is -2.30. The summed E-state index contributed by atoms with van der Waals surface area (Å²) in [4.78, 5) is 11.0. The fraction of sp³-hybridized carbons (Fsp3) is 0.875. The number of carbonyl (C=O) groups is 1. The molecule has 0 aromatic heterocycles. The summed E-state index contributed by atoms with van der Waals surface area (Å²) >= 11 is 0. The van der Waals surface area contributed by atoms with Gasteiger partial charge in [0.15, 0.2) is 0 Å². The molecule has 1 rings (SSSR count). The molecule has 0 bridgehead atoms. The van der Waals surface area contributed by atoms with Crippen molar-refractivity contribution in [3.05, 3.63) is 0 Å². The van der Waals surface area contributed by atoms with Gasteiger partial charge >= 0.3 is 6.03 Å². The normalized spacial score (nSPS) is 19.2. The second-order valence-corrected chi connectivity index (χ2v) is 5.55. The Morgan fingerprint density at radius 3 is 2.14 bits per heavy atom. The molecular formula is C8H16N2O3S. The molecule has 0 aromatic rings. The summed E-state index contributed by atoms with van der Waals surface area (Å²) in [5.74, 6) is 0. The van der Waals surface area contributed by atoms with E-state index in [1.807, 2.05) is 0 Å². The average Bonchev–Trinajstić information content (AvgIpc) is 2.02. The first-order chi connectivity index (χ1) is 6.43. The van der Waals surface area contributed by atoms with Gasteiger partial charge in [0.25, 0.3) is 0 Å². The third-order valence-corrected chi connectivity index (χ3v) is 3.67. The minimum absolute atomic E-state index is 0.226. The molecule has 14 heavy (non-hydrogen) atoms. The summed E-state index contributed by atoms with van der Waals surface area (Å²) in [6.07, 6.45) is 5.51. The van der Waals surface area contributed by atoms with Gasteiger partial charge in [-0.25, -0.2) is 17.5 Å². The van der Waals surface area contributed by atoms with Crippen LogP contribution in [0.3, 0.4) is 0 Å². The van der Waals surface area contributed by atoms with Crippen LogP contribution in [0, 0.1) is 0 Å². The van der Waals surface area contributed by atoms with Gasteiger partial charge in [-0.3, -0.25) is 0 Å². The molecule has 1 fully saturated rings. The van der Waals surface area contributed by atoms with Crippen LogP contribution in [-0.4, -0.2) is 31.1 Å². The zero-order chi connectivity index (χ0) is 10.8. The summed E-state index contributed by atoms with van der Waals surface area (Å²) < 4.78 is 23.4. The Morgan fingerprint density at radius 2 is 1.79 bits per heavy atom. The predicted octanol–water partition coefficient (Wildman–Crippen LogP) is 0.659. The molecule has 0 heterocycles. The molecule has 2 amide bonds. The van der Waals surface area contributed by atoms with Crippen molar-refractivity contribution in [3.63, 3.8) is 0 Å². The monoisotopic (exact) mass is 220 g/mol. The van der Waals surface area contributed by atoms with Gasteiger partial charge in [0.05, 0.1) is 6.26 Å². The topological polar surface area (TPSA) is 80.5 Å². The minimum atomic E-state index is -3.51. The van der Waals surface area contributed by atoms with E-state index in [9.17, 15) is 13.2 Å². The van der Waals surface area contributed by atoms with Crippen LogP contribution in [0.15, 0.2) is 0 Å². The van der Waals surface area contributed by atoms with Crippen molar-refractivity contribution in [1.82, 2.24) is 4.31 Å². The number of carbonyl (C=O) groups excluding carboxylic acids is 1. The Kier molecular flexibility index (Phi) is 3.36. The highest BCUT2D eigenvalue weighted by Crippen LogP contribution is 2.23. The van der Waals surface area contributed by atoms with E-state index in [0.717, 1.165) is 42.7 Å². The second-order valence-electron chi connectivity index (χ2n) is 3.69. The Balaban J connectivity index is 2.82. The predicted molar refractivity (Wildman–Crippen MR) is 53.1 cm³/mol. The van der Waals surface area contributed by atoms with Gasteiger partial charge in [-0.1, -0.05) is 19.3 Å². The van der Waals surface area contributed by atoms with Crippen LogP contribution in [0.4, 0.5) is 4.79 Å². The van der Waals surface area contributed by atoms with Gasteiger partial charge in [-0.2, -0.15) is 0 Å². The molecule has 1 aliphatic carbocycles. The third-order valence-electron chi connectivity index (χ3n) is 2.48. The standard InChI is InChI=1S/C8H16N2O3S/c1-14(12,13)10(8(9)11)7-5-3-2-4-6-7/h7H,2-6H2,1H3,(H2,9,11). The number of nitrogens with two attached hydrogens (primary N) is 1. The summed E-state index contributed by atoms with van der Waals surface area (Å²) in [5, 5.41) is 0. The van der Waals surface area contributed by atoms with E-state index in [-0.39, 0.29) is 6.04 Å². The largest absolute Gasteiger partial charge is 0.351 e. The lowest BCUT2D eigenvalue weighted by Crippen LogP contribution is -2.47. The zero-order valence-corrected chi connectivity index (χ0v) is 9.09. The van der Waals surface area contributed by atoms with Crippen LogP contribution >= 0.6 is 0 Å². The number of sulfonamides is 1. The van der Waals surface area contributed by atoms with E-state index in [1.165, 1.54) is 0 Å². The molecular weight excluding hydrogens is 204 g/mol. The number of hydrogen-bond acceptors (Lipinski definition) is 3. The van der Waals surface area contributed by atoms with Gasteiger partial charge in [-0.15, -0.1) is 0 Å². The SMILES string of the molecule is CS(=O)(=O)N(C(N)=O)C1CCCCC1. The number of rotatable bonds is 2. The maximum atomic E-state index is 11.3. The first-order valence-corrected chi connectivity index (χ1v) is 6.56. The van der Waals surface area contributed by atoms with Gasteiger partial charge in [0, 0.05) is 6.04 Å². The molecule has 6 heteroatoms. The van der Waals surface area contributed by atoms with Crippen molar-refractivity contribution in [2.24, 2.45) is 5.73 Å². The maximum Gasteiger partial charge on any atom is 0.328 e. The van der Waals surface area contributed by atoms with Gasteiger partial charge in [0.1, 0.15) is 0 Å².